The fourth-order valence-corrected chi connectivity index (χ4v) is 4.52. The zero-order chi connectivity index (χ0) is 20.7. The Morgan fingerprint density at radius 3 is 2.53 bits per heavy atom. The van der Waals surface area contributed by atoms with Crippen LogP contribution in [-0.2, 0) is 9.59 Å². The molecule has 1 amide bonds. The third kappa shape index (κ3) is 2.96. The van der Waals surface area contributed by atoms with Crippen LogP contribution in [0.3, 0.4) is 0 Å². The topological polar surface area (TPSA) is 85.8 Å². The van der Waals surface area contributed by atoms with Crippen LogP contribution < -0.4 is 14.4 Å². The number of fused-ring (bicyclic) bond motifs is 1. The van der Waals surface area contributed by atoms with Gasteiger partial charge in [-0.25, -0.2) is 4.98 Å². The summed E-state index contributed by atoms with van der Waals surface area (Å²) in [5.74, 6) is -2.06. The van der Waals surface area contributed by atoms with E-state index in [9.17, 15) is 14.4 Å². The number of thiazole rings is 1. The van der Waals surface area contributed by atoms with Crippen LogP contribution in [0, 0.1) is 5.92 Å². The molecule has 0 saturated carbocycles. The number of hydrogen-bond donors (Lipinski definition) is 0. The number of carbonyl (C=O) groups is 3. The number of rotatable bonds is 4. The number of hydrogen-bond acceptors (Lipinski definition) is 7. The number of ether oxygens (including phenoxy) is 2. The van der Waals surface area contributed by atoms with Crippen LogP contribution in [0.4, 0.5) is 5.13 Å². The molecule has 150 valence electrons. The van der Waals surface area contributed by atoms with Crippen LogP contribution in [0.1, 0.15) is 22.0 Å². The minimum absolute atomic E-state index is 0.298. The Labute approximate surface area is 175 Å². The van der Waals surface area contributed by atoms with Gasteiger partial charge in [-0.05, 0) is 23.8 Å². The van der Waals surface area contributed by atoms with Crippen molar-refractivity contribution >= 4 is 33.9 Å². The van der Waals surface area contributed by atoms with E-state index in [-0.39, 0.29) is 0 Å². The summed E-state index contributed by atoms with van der Waals surface area (Å²) in [5, 5.41) is 2.12. The lowest BCUT2D eigenvalue weighted by molar-refractivity contribution is -0.135. The van der Waals surface area contributed by atoms with Crippen molar-refractivity contribution in [1.29, 1.82) is 0 Å². The number of anilines is 1. The highest BCUT2D eigenvalue weighted by Crippen LogP contribution is 2.42. The number of nitrogens with zero attached hydrogens (tertiary/aromatic N) is 2. The third-order valence-corrected chi connectivity index (χ3v) is 5.95. The van der Waals surface area contributed by atoms with Gasteiger partial charge in [-0.1, -0.05) is 30.3 Å². The second-order valence-electron chi connectivity index (χ2n) is 6.91. The maximum absolute atomic E-state index is 13.5. The first-order valence-corrected chi connectivity index (χ1v) is 10.3. The molecule has 2 atom stereocenters. The monoisotopic (exact) mass is 420 g/mol. The van der Waals surface area contributed by atoms with Gasteiger partial charge in [0.2, 0.25) is 5.78 Å². The van der Waals surface area contributed by atoms with Crippen LogP contribution >= 0.6 is 11.3 Å². The fraction of sp³-hybridized carbons (Fsp3) is 0.182. The van der Waals surface area contributed by atoms with Crippen LogP contribution in [0.15, 0.2) is 60.1 Å². The van der Waals surface area contributed by atoms with E-state index < -0.39 is 29.4 Å². The van der Waals surface area contributed by atoms with Gasteiger partial charge in [0.25, 0.3) is 5.91 Å². The standard InChI is InChI=1S/C22H16N2O5S/c25-19(14-6-7-15-16(12-14)29-10-9-28-15)17-18(13-4-2-1-3-5-13)24(21(27)20(17)26)22-23-8-11-30-22/h1-8,11-12,17-18H,9-10H2. The molecule has 1 fully saturated rings. The van der Waals surface area contributed by atoms with Crippen molar-refractivity contribution in [3.8, 4) is 11.5 Å². The van der Waals surface area contributed by atoms with Crippen LogP contribution in [0.2, 0.25) is 0 Å². The molecule has 5 rings (SSSR count). The molecule has 1 aromatic heterocycles. The number of aromatic nitrogens is 1. The van der Waals surface area contributed by atoms with Gasteiger partial charge in [-0.2, -0.15) is 0 Å². The van der Waals surface area contributed by atoms with Gasteiger partial charge in [-0.15, -0.1) is 11.3 Å². The summed E-state index contributed by atoms with van der Waals surface area (Å²) in [4.78, 5) is 44.9. The molecule has 8 heteroatoms. The summed E-state index contributed by atoms with van der Waals surface area (Å²) in [5.41, 5.74) is 0.995. The molecule has 2 aromatic carbocycles. The summed E-state index contributed by atoms with van der Waals surface area (Å²) in [6.07, 6.45) is 1.57. The minimum Gasteiger partial charge on any atom is -0.486 e. The van der Waals surface area contributed by atoms with Crippen LogP contribution in [0.5, 0.6) is 11.5 Å². The first-order chi connectivity index (χ1) is 14.6. The molecule has 0 radical (unpaired) electrons. The minimum atomic E-state index is -1.17. The molecular weight excluding hydrogens is 404 g/mol. The van der Waals surface area contributed by atoms with Gasteiger partial charge in [0.05, 0.1) is 6.04 Å². The molecule has 3 aromatic rings. The van der Waals surface area contributed by atoms with E-state index in [0.717, 1.165) is 0 Å². The molecule has 2 unspecified atom stereocenters. The Bertz CT molecular complexity index is 1130. The maximum Gasteiger partial charge on any atom is 0.297 e. The van der Waals surface area contributed by atoms with E-state index in [1.807, 2.05) is 18.2 Å². The lowest BCUT2D eigenvalue weighted by atomic mass is 9.86. The van der Waals surface area contributed by atoms with E-state index in [1.54, 1.807) is 41.9 Å². The van der Waals surface area contributed by atoms with Crippen molar-refractivity contribution in [3.63, 3.8) is 0 Å². The summed E-state index contributed by atoms with van der Waals surface area (Å²) in [7, 11) is 0. The molecule has 0 spiro atoms. The van der Waals surface area contributed by atoms with E-state index >= 15 is 0 Å². The lowest BCUT2D eigenvalue weighted by Gasteiger charge is -2.25. The Hall–Kier alpha value is -3.52. The average Bonchev–Trinajstić information content (AvgIpc) is 3.40. The van der Waals surface area contributed by atoms with Gasteiger partial charge < -0.3 is 9.47 Å². The van der Waals surface area contributed by atoms with Gasteiger partial charge in [0.1, 0.15) is 19.1 Å². The number of benzene rings is 2. The molecule has 3 heterocycles. The molecule has 7 nitrogen and oxygen atoms in total. The second kappa shape index (κ2) is 7.38. The fourth-order valence-electron chi connectivity index (χ4n) is 3.84. The number of amides is 1. The van der Waals surface area contributed by atoms with Crippen molar-refractivity contribution in [2.45, 2.75) is 6.04 Å². The molecule has 2 aliphatic heterocycles. The van der Waals surface area contributed by atoms with Gasteiger partial charge in [0, 0.05) is 17.1 Å². The zero-order valence-corrected chi connectivity index (χ0v) is 16.5. The van der Waals surface area contributed by atoms with Crippen molar-refractivity contribution in [1.82, 2.24) is 4.98 Å². The summed E-state index contributed by atoms with van der Waals surface area (Å²) >= 11 is 1.25. The quantitative estimate of drug-likeness (QED) is 0.366. The second-order valence-corrected chi connectivity index (χ2v) is 7.78. The summed E-state index contributed by atoms with van der Waals surface area (Å²) in [6, 6.07) is 13.1. The van der Waals surface area contributed by atoms with E-state index in [1.165, 1.54) is 16.2 Å². The summed E-state index contributed by atoms with van der Waals surface area (Å²) < 4.78 is 11.1. The van der Waals surface area contributed by atoms with Gasteiger partial charge >= 0.3 is 0 Å². The Morgan fingerprint density at radius 2 is 1.80 bits per heavy atom. The SMILES string of the molecule is O=C1C(=O)N(c2nccs2)C(c2ccccc2)C1C(=O)c1ccc2c(c1)OCCO2. The van der Waals surface area contributed by atoms with Crippen molar-refractivity contribution in [2.75, 3.05) is 18.1 Å². The highest BCUT2D eigenvalue weighted by Gasteiger charge is 2.53. The molecule has 0 N–H and O–H groups in total. The zero-order valence-electron chi connectivity index (χ0n) is 15.7. The highest BCUT2D eigenvalue weighted by atomic mass is 32.1. The lowest BCUT2D eigenvalue weighted by Crippen LogP contribution is -2.30. The maximum atomic E-state index is 13.5. The Balaban J connectivity index is 1.59. The predicted octanol–water partition coefficient (Wildman–Crippen LogP) is 3.07. The first kappa shape index (κ1) is 18.5. The van der Waals surface area contributed by atoms with Crippen molar-refractivity contribution in [3.05, 3.63) is 71.2 Å². The molecule has 30 heavy (non-hydrogen) atoms. The Kier molecular flexibility index (Phi) is 4.55. The first-order valence-electron chi connectivity index (χ1n) is 9.41. The number of Topliss-reactive ketones (excluding diaryl/α,β-unsaturated/α-hetero) is 2. The molecule has 2 aliphatic rings. The predicted molar refractivity (Wildman–Crippen MR) is 109 cm³/mol. The molecular formula is C22H16N2O5S. The number of carbonyl (C=O) groups excluding carboxylic acids is 3. The van der Waals surface area contributed by atoms with E-state index in [2.05, 4.69) is 4.98 Å². The molecule has 1 saturated heterocycles. The molecule has 0 bridgehead atoms. The number of ketones is 2. The van der Waals surface area contributed by atoms with E-state index in [4.69, 9.17) is 9.47 Å². The van der Waals surface area contributed by atoms with Gasteiger partial charge in [-0.3, -0.25) is 19.3 Å². The van der Waals surface area contributed by atoms with Crippen LogP contribution in [0.25, 0.3) is 0 Å². The average molecular weight is 420 g/mol. The van der Waals surface area contributed by atoms with Crippen molar-refractivity contribution in [2.24, 2.45) is 5.92 Å². The molecule has 0 aliphatic carbocycles. The normalized spacial score (nSPS) is 20.5. The Morgan fingerprint density at radius 1 is 1.03 bits per heavy atom. The van der Waals surface area contributed by atoms with E-state index in [0.29, 0.717) is 41.0 Å². The van der Waals surface area contributed by atoms with Gasteiger partial charge in [0.15, 0.2) is 22.4 Å². The van der Waals surface area contributed by atoms with Crippen LogP contribution in [-0.4, -0.2) is 35.7 Å². The van der Waals surface area contributed by atoms with Crippen molar-refractivity contribution < 1.29 is 23.9 Å². The smallest absolute Gasteiger partial charge is 0.297 e. The third-order valence-electron chi connectivity index (χ3n) is 5.18. The largest absolute Gasteiger partial charge is 0.486 e. The highest BCUT2D eigenvalue weighted by molar-refractivity contribution is 7.14. The summed E-state index contributed by atoms with van der Waals surface area (Å²) in [6.45, 7) is 0.824.